The fourth-order valence-corrected chi connectivity index (χ4v) is 1.26. The molecule has 17 heavy (non-hydrogen) atoms. The van der Waals surface area contributed by atoms with Crippen molar-refractivity contribution in [2.45, 2.75) is 32.9 Å². The van der Waals surface area contributed by atoms with Crippen molar-refractivity contribution in [2.75, 3.05) is 7.05 Å². The van der Waals surface area contributed by atoms with Gasteiger partial charge in [0.15, 0.2) is 0 Å². The highest BCUT2D eigenvalue weighted by atomic mass is 35.5. The summed E-state index contributed by atoms with van der Waals surface area (Å²) in [5.41, 5.74) is 0.279. The van der Waals surface area contributed by atoms with Crippen LogP contribution >= 0.6 is 11.6 Å². The van der Waals surface area contributed by atoms with Gasteiger partial charge in [-0.15, -0.1) is 0 Å². The lowest BCUT2D eigenvalue weighted by atomic mass is 10.2. The van der Waals surface area contributed by atoms with Crippen LogP contribution in [0.25, 0.3) is 0 Å². The normalized spacial score (nSPS) is 11.1. The number of carbonyl (C=O) groups excluding carboxylic acids is 1. The van der Waals surface area contributed by atoms with Gasteiger partial charge in [0.05, 0.1) is 17.3 Å². The first-order valence-corrected chi connectivity index (χ1v) is 5.70. The molecule has 0 aliphatic rings. The van der Waals surface area contributed by atoms with Crippen molar-refractivity contribution in [3.05, 3.63) is 29.0 Å². The summed E-state index contributed by atoms with van der Waals surface area (Å²) in [6, 6.07) is 3.52. The summed E-state index contributed by atoms with van der Waals surface area (Å²) < 4.78 is 5.23. The van der Waals surface area contributed by atoms with Crippen molar-refractivity contribution in [3.63, 3.8) is 0 Å². The molecular weight excluding hydrogens is 240 g/mol. The number of aromatic nitrogens is 1. The molecule has 5 heteroatoms. The van der Waals surface area contributed by atoms with Crippen molar-refractivity contribution < 1.29 is 9.53 Å². The zero-order valence-corrected chi connectivity index (χ0v) is 11.3. The SMILES string of the molecule is CN(Cc1ccc(Cl)cn1)C(=O)OC(C)(C)C. The molecule has 0 fully saturated rings. The molecule has 0 atom stereocenters. The highest BCUT2D eigenvalue weighted by Gasteiger charge is 2.19. The molecule has 0 N–H and O–H groups in total. The fraction of sp³-hybridized carbons (Fsp3) is 0.500. The van der Waals surface area contributed by atoms with Crippen molar-refractivity contribution in [3.8, 4) is 0 Å². The molecule has 0 unspecified atom stereocenters. The van der Waals surface area contributed by atoms with E-state index in [1.807, 2.05) is 20.8 Å². The molecular formula is C12H17ClN2O2. The van der Waals surface area contributed by atoms with Crippen molar-refractivity contribution in [1.29, 1.82) is 0 Å². The maximum Gasteiger partial charge on any atom is 0.410 e. The second kappa shape index (κ2) is 5.36. The number of hydrogen-bond donors (Lipinski definition) is 0. The molecule has 4 nitrogen and oxygen atoms in total. The van der Waals surface area contributed by atoms with Gasteiger partial charge in [-0.05, 0) is 32.9 Å². The minimum Gasteiger partial charge on any atom is -0.444 e. The summed E-state index contributed by atoms with van der Waals surface area (Å²) in [5.74, 6) is 0. The molecule has 0 saturated carbocycles. The molecule has 0 spiro atoms. The summed E-state index contributed by atoms with van der Waals surface area (Å²) in [6.45, 7) is 5.89. The first-order chi connectivity index (χ1) is 7.78. The van der Waals surface area contributed by atoms with E-state index in [0.717, 1.165) is 5.69 Å². The lowest BCUT2D eigenvalue weighted by molar-refractivity contribution is 0.0283. The maximum atomic E-state index is 11.7. The van der Waals surface area contributed by atoms with Crippen molar-refractivity contribution in [1.82, 2.24) is 9.88 Å². The zero-order chi connectivity index (χ0) is 13.1. The van der Waals surface area contributed by atoms with E-state index in [2.05, 4.69) is 4.98 Å². The van der Waals surface area contributed by atoms with Crippen LogP contribution in [0.1, 0.15) is 26.5 Å². The fourth-order valence-electron chi connectivity index (χ4n) is 1.15. The van der Waals surface area contributed by atoms with Gasteiger partial charge in [-0.1, -0.05) is 11.6 Å². The summed E-state index contributed by atoms with van der Waals surface area (Å²) in [5, 5.41) is 0.577. The van der Waals surface area contributed by atoms with E-state index in [1.165, 1.54) is 4.90 Å². The number of nitrogens with zero attached hydrogens (tertiary/aromatic N) is 2. The highest BCUT2D eigenvalue weighted by molar-refractivity contribution is 6.30. The maximum absolute atomic E-state index is 11.7. The molecule has 0 radical (unpaired) electrons. The Hall–Kier alpha value is -1.29. The monoisotopic (exact) mass is 256 g/mol. The third-order valence-corrected chi connectivity index (χ3v) is 2.12. The molecule has 0 aromatic carbocycles. The number of ether oxygens (including phenoxy) is 1. The van der Waals surface area contributed by atoms with Gasteiger partial charge in [-0.25, -0.2) is 4.79 Å². The molecule has 94 valence electrons. The molecule has 0 saturated heterocycles. The average Bonchev–Trinajstić information content (AvgIpc) is 2.19. The molecule has 0 aliphatic heterocycles. The predicted molar refractivity (Wildman–Crippen MR) is 66.9 cm³/mol. The average molecular weight is 257 g/mol. The van der Waals surface area contributed by atoms with Gasteiger partial charge in [0, 0.05) is 13.2 Å². The number of carbonyl (C=O) groups is 1. The van der Waals surface area contributed by atoms with E-state index in [-0.39, 0.29) is 6.09 Å². The van der Waals surface area contributed by atoms with E-state index in [4.69, 9.17) is 16.3 Å². The van der Waals surface area contributed by atoms with E-state index < -0.39 is 5.60 Å². The van der Waals surface area contributed by atoms with Gasteiger partial charge in [-0.3, -0.25) is 4.98 Å². The molecule has 1 amide bonds. The Bertz CT molecular complexity index is 384. The van der Waals surface area contributed by atoms with Crippen molar-refractivity contribution >= 4 is 17.7 Å². The van der Waals surface area contributed by atoms with Crippen molar-refractivity contribution in [2.24, 2.45) is 0 Å². The van der Waals surface area contributed by atoms with E-state index in [0.29, 0.717) is 11.6 Å². The first kappa shape index (κ1) is 13.8. The van der Waals surface area contributed by atoms with Gasteiger partial charge in [-0.2, -0.15) is 0 Å². The van der Waals surface area contributed by atoms with Gasteiger partial charge in [0.25, 0.3) is 0 Å². The van der Waals surface area contributed by atoms with Crippen LogP contribution in [0.4, 0.5) is 4.79 Å². The molecule has 1 rings (SSSR count). The largest absolute Gasteiger partial charge is 0.444 e. The number of hydrogen-bond acceptors (Lipinski definition) is 3. The smallest absolute Gasteiger partial charge is 0.410 e. The molecule has 0 aliphatic carbocycles. The predicted octanol–water partition coefficient (Wildman–Crippen LogP) is 3.10. The van der Waals surface area contributed by atoms with Gasteiger partial charge >= 0.3 is 6.09 Å². The standard InChI is InChI=1S/C12H17ClN2O2/c1-12(2,3)17-11(16)15(4)8-10-6-5-9(13)7-14-10/h5-7H,8H2,1-4H3. The summed E-state index contributed by atoms with van der Waals surface area (Å²) in [6.07, 6.45) is 1.19. The van der Waals surface area contributed by atoms with Gasteiger partial charge in [0.1, 0.15) is 5.60 Å². The van der Waals surface area contributed by atoms with Crippen LogP contribution in [-0.2, 0) is 11.3 Å². The van der Waals surface area contributed by atoms with E-state index in [1.54, 1.807) is 25.4 Å². The van der Waals surface area contributed by atoms with E-state index >= 15 is 0 Å². The molecule has 0 bridgehead atoms. The summed E-state index contributed by atoms with van der Waals surface area (Å²) >= 11 is 5.73. The lowest BCUT2D eigenvalue weighted by Gasteiger charge is -2.24. The Labute approximate surface area is 107 Å². The topological polar surface area (TPSA) is 42.4 Å². The Kier molecular flexibility index (Phi) is 4.34. The third kappa shape index (κ3) is 5.04. The van der Waals surface area contributed by atoms with Crippen LogP contribution in [0.2, 0.25) is 5.02 Å². The van der Waals surface area contributed by atoms with Gasteiger partial charge in [0.2, 0.25) is 0 Å². The van der Waals surface area contributed by atoms with Crippen LogP contribution in [0.15, 0.2) is 18.3 Å². The Balaban J connectivity index is 2.57. The minimum atomic E-state index is -0.487. The Morgan fingerprint density at radius 1 is 1.47 bits per heavy atom. The number of pyridine rings is 1. The summed E-state index contributed by atoms with van der Waals surface area (Å²) in [4.78, 5) is 17.3. The van der Waals surface area contributed by atoms with Crippen LogP contribution in [-0.4, -0.2) is 28.6 Å². The minimum absolute atomic E-state index is 0.366. The third-order valence-electron chi connectivity index (χ3n) is 1.89. The Morgan fingerprint density at radius 2 is 2.12 bits per heavy atom. The highest BCUT2D eigenvalue weighted by Crippen LogP contribution is 2.11. The zero-order valence-electron chi connectivity index (χ0n) is 10.5. The Morgan fingerprint density at radius 3 is 2.59 bits per heavy atom. The second-order valence-electron chi connectivity index (χ2n) is 4.80. The van der Waals surface area contributed by atoms with Crippen LogP contribution in [0.3, 0.4) is 0 Å². The van der Waals surface area contributed by atoms with Crippen LogP contribution in [0.5, 0.6) is 0 Å². The van der Waals surface area contributed by atoms with E-state index in [9.17, 15) is 4.79 Å². The quantitative estimate of drug-likeness (QED) is 0.817. The summed E-state index contributed by atoms with van der Waals surface area (Å²) in [7, 11) is 1.67. The molecule has 1 aromatic heterocycles. The lowest BCUT2D eigenvalue weighted by Crippen LogP contribution is -2.33. The number of rotatable bonds is 2. The first-order valence-electron chi connectivity index (χ1n) is 5.32. The van der Waals surface area contributed by atoms with Gasteiger partial charge < -0.3 is 9.64 Å². The van der Waals surface area contributed by atoms with Crippen LogP contribution < -0.4 is 0 Å². The molecule has 1 aromatic rings. The number of halogens is 1. The molecule has 1 heterocycles. The van der Waals surface area contributed by atoms with Crippen LogP contribution in [0, 0.1) is 0 Å². The number of amides is 1. The second-order valence-corrected chi connectivity index (χ2v) is 5.24.